The van der Waals surface area contributed by atoms with Crippen molar-refractivity contribution in [3.05, 3.63) is 17.5 Å². The number of β-amino-alcohol motifs (C(OH)–C–C–N with tert-alkyl or cyclic N) is 1. The normalized spacial score (nSPS) is 24.0. The molecular weight excluding hydrogens is 228 g/mol. The Bertz CT molecular complexity index is 455. The molecule has 1 aromatic heterocycles. The van der Waals surface area contributed by atoms with E-state index in [2.05, 4.69) is 5.16 Å². The van der Waals surface area contributed by atoms with Gasteiger partial charge in [-0.2, -0.15) is 0 Å². The average molecular weight is 240 g/mol. The lowest BCUT2D eigenvalue weighted by Gasteiger charge is -2.19. The highest BCUT2D eigenvalue weighted by Crippen LogP contribution is 2.21. The summed E-state index contributed by atoms with van der Waals surface area (Å²) in [7, 11) is 0. The Morgan fingerprint density at radius 2 is 2.29 bits per heavy atom. The van der Waals surface area contributed by atoms with Gasteiger partial charge in [0.1, 0.15) is 6.04 Å². The van der Waals surface area contributed by atoms with E-state index in [-0.39, 0.29) is 18.7 Å². The number of carboxylic acid groups (broad SMARTS) is 1. The van der Waals surface area contributed by atoms with Gasteiger partial charge in [-0.05, 0) is 6.92 Å². The second kappa shape index (κ2) is 4.17. The number of nitrogens with zero attached hydrogens (tertiary/aromatic N) is 2. The Balaban J connectivity index is 2.25. The Morgan fingerprint density at radius 3 is 2.82 bits per heavy atom. The molecule has 0 saturated carbocycles. The van der Waals surface area contributed by atoms with Crippen molar-refractivity contribution in [3.8, 4) is 0 Å². The smallest absolute Gasteiger partial charge is 0.326 e. The molecule has 1 aliphatic heterocycles. The summed E-state index contributed by atoms with van der Waals surface area (Å²) < 4.78 is 4.79. The topological polar surface area (TPSA) is 104 Å². The molecule has 7 heteroatoms. The van der Waals surface area contributed by atoms with Crippen molar-refractivity contribution in [2.24, 2.45) is 0 Å². The number of carboxylic acids is 1. The predicted molar refractivity (Wildman–Crippen MR) is 54.3 cm³/mol. The van der Waals surface area contributed by atoms with Crippen LogP contribution in [0.1, 0.15) is 22.5 Å². The number of rotatable bonds is 2. The van der Waals surface area contributed by atoms with Crippen LogP contribution in [0.3, 0.4) is 0 Å². The Labute approximate surface area is 96.6 Å². The van der Waals surface area contributed by atoms with Gasteiger partial charge in [0.25, 0.3) is 5.91 Å². The van der Waals surface area contributed by atoms with E-state index in [1.807, 2.05) is 0 Å². The van der Waals surface area contributed by atoms with E-state index >= 15 is 0 Å². The molecule has 0 spiro atoms. The third-order valence-corrected chi connectivity index (χ3v) is 2.77. The number of likely N-dealkylation sites (tertiary alicyclic amines) is 1. The van der Waals surface area contributed by atoms with Gasteiger partial charge in [-0.1, -0.05) is 5.16 Å². The molecule has 1 fully saturated rings. The van der Waals surface area contributed by atoms with Crippen LogP contribution < -0.4 is 0 Å². The monoisotopic (exact) mass is 240 g/mol. The van der Waals surface area contributed by atoms with Crippen molar-refractivity contribution in [1.29, 1.82) is 0 Å². The van der Waals surface area contributed by atoms with Crippen LogP contribution in [0.15, 0.2) is 10.7 Å². The molecule has 1 amide bonds. The molecule has 1 aliphatic rings. The molecule has 1 saturated heterocycles. The van der Waals surface area contributed by atoms with Crippen LogP contribution in [-0.4, -0.2) is 50.8 Å². The standard InChI is InChI=1S/C10H12N2O5/c1-5-3-11-17-8(5)9(14)12-4-6(13)2-7(12)10(15)16/h3,6-7,13H,2,4H2,1H3,(H,15,16)/t6-,7+/m1/s1. The third-order valence-electron chi connectivity index (χ3n) is 2.77. The van der Waals surface area contributed by atoms with Crippen LogP contribution >= 0.6 is 0 Å². The van der Waals surface area contributed by atoms with Crippen molar-refractivity contribution < 1.29 is 24.3 Å². The zero-order chi connectivity index (χ0) is 12.6. The quantitative estimate of drug-likeness (QED) is 0.731. The first-order chi connectivity index (χ1) is 8.00. The largest absolute Gasteiger partial charge is 0.480 e. The maximum absolute atomic E-state index is 12.0. The van der Waals surface area contributed by atoms with Crippen molar-refractivity contribution in [2.45, 2.75) is 25.5 Å². The van der Waals surface area contributed by atoms with E-state index in [1.54, 1.807) is 6.92 Å². The number of aliphatic hydroxyl groups is 1. The first-order valence-corrected chi connectivity index (χ1v) is 5.14. The van der Waals surface area contributed by atoms with Crippen LogP contribution in [0.4, 0.5) is 0 Å². The first-order valence-electron chi connectivity index (χ1n) is 5.14. The number of amides is 1. The van der Waals surface area contributed by atoms with Gasteiger partial charge in [0.05, 0.1) is 12.3 Å². The number of aromatic nitrogens is 1. The lowest BCUT2D eigenvalue weighted by Crippen LogP contribution is -2.40. The molecule has 7 nitrogen and oxygen atoms in total. The minimum Gasteiger partial charge on any atom is -0.480 e. The summed E-state index contributed by atoms with van der Waals surface area (Å²) in [6.07, 6.45) is 0.604. The molecule has 92 valence electrons. The fraction of sp³-hybridized carbons (Fsp3) is 0.500. The number of hydrogen-bond acceptors (Lipinski definition) is 5. The predicted octanol–water partition coefficient (Wildman–Crippen LogP) is -0.357. The Hall–Kier alpha value is -1.89. The number of carbonyl (C=O) groups is 2. The molecule has 2 heterocycles. The van der Waals surface area contributed by atoms with E-state index in [1.165, 1.54) is 6.20 Å². The van der Waals surface area contributed by atoms with Gasteiger partial charge in [-0.15, -0.1) is 0 Å². The molecule has 1 aromatic rings. The third kappa shape index (κ3) is 2.01. The summed E-state index contributed by atoms with van der Waals surface area (Å²) in [5.41, 5.74) is 0.542. The highest BCUT2D eigenvalue weighted by Gasteiger charge is 2.40. The molecule has 0 aliphatic carbocycles. The SMILES string of the molecule is Cc1cnoc1C(=O)N1C[C@H](O)C[C@H]1C(=O)O. The zero-order valence-corrected chi connectivity index (χ0v) is 9.16. The molecule has 0 aromatic carbocycles. The highest BCUT2D eigenvalue weighted by atomic mass is 16.5. The molecule has 0 bridgehead atoms. The first kappa shape index (κ1) is 11.6. The van der Waals surface area contributed by atoms with Gasteiger partial charge >= 0.3 is 5.97 Å². The summed E-state index contributed by atoms with van der Waals surface area (Å²) in [6.45, 7) is 1.64. The second-order valence-corrected chi connectivity index (χ2v) is 4.04. The summed E-state index contributed by atoms with van der Waals surface area (Å²) in [5, 5.41) is 21.9. The van der Waals surface area contributed by atoms with E-state index in [0.717, 1.165) is 4.90 Å². The summed E-state index contributed by atoms with van der Waals surface area (Å²) >= 11 is 0. The molecule has 2 atom stereocenters. The van der Waals surface area contributed by atoms with Gasteiger partial charge < -0.3 is 19.6 Å². The van der Waals surface area contributed by atoms with E-state index < -0.39 is 24.0 Å². The number of carbonyl (C=O) groups excluding carboxylic acids is 1. The number of hydrogen-bond donors (Lipinski definition) is 2. The van der Waals surface area contributed by atoms with Gasteiger partial charge in [0, 0.05) is 18.5 Å². The number of aryl methyl sites for hydroxylation is 1. The molecule has 2 N–H and O–H groups in total. The van der Waals surface area contributed by atoms with Crippen molar-refractivity contribution in [3.63, 3.8) is 0 Å². The maximum Gasteiger partial charge on any atom is 0.326 e. The fourth-order valence-electron chi connectivity index (χ4n) is 1.90. The van der Waals surface area contributed by atoms with Crippen molar-refractivity contribution in [2.75, 3.05) is 6.54 Å². The van der Waals surface area contributed by atoms with Crippen LogP contribution in [0.2, 0.25) is 0 Å². The van der Waals surface area contributed by atoms with Crippen LogP contribution in [0.5, 0.6) is 0 Å². The highest BCUT2D eigenvalue weighted by molar-refractivity contribution is 5.95. The van der Waals surface area contributed by atoms with Gasteiger partial charge in [-0.25, -0.2) is 4.79 Å². The van der Waals surface area contributed by atoms with E-state index in [9.17, 15) is 14.7 Å². The molecule has 0 unspecified atom stereocenters. The lowest BCUT2D eigenvalue weighted by molar-refractivity contribution is -0.141. The van der Waals surface area contributed by atoms with Gasteiger partial charge in [0.15, 0.2) is 0 Å². The maximum atomic E-state index is 12.0. The fourth-order valence-corrected chi connectivity index (χ4v) is 1.90. The van der Waals surface area contributed by atoms with E-state index in [0.29, 0.717) is 5.56 Å². The number of aliphatic hydroxyl groups excluding tert-OH is 1. The molecule has 2 rings (SSSR count). The molecule has 17 heavy (non-hydrogen) atoms. The molecular formula is C10H12N2O5. The van der Waals surface area contributed by atoms with Crippen LogP contribution in [0.25, 0.3) is 0 Å². The van der Waals surface area contributed by atoms with Gasteiger partial charge in [0.2, 0.25) is 5.76 Å². The van der Waals surface area contributed by atoms with Crippen LogP contribution in [-0.2, 0) is 4.79 Å². The van der Waals surface area contributed by atoms with E-state index in [4.69, 9.17) is 9.63 Å². The van der Waals surface area contributed by atoms with Crippen LogP contribution in [0, 0.1) is 6.92 Å². The summed E-state index contributed by atoms with van der Waals surface area (Å²) in [6, 6.07) is -1.01. The number of aliphatic carboxylic acids is 1. The summed E-state index contributed by atoms with van der Waals surface area (Å²) in [4.78, 5) is 24.1. The minimum absolute atomic E-state index is 0.00403. The Morgan fingerprint density at radius 1 is 1.59 bits per heavy atom. The summed E-state index contributed by atoms with van der Waals surface area (Å²) in [5.74, 6) is -1.67. The Kier molecular flexibility index (Phi) is 2.84. The lowest BCUT2D eigenvalue weighted by atomic mass is 10.2. The van der Waals surface area contributed by atoms with Crippen molar-refractivity contribution in [1.82, 2.24) is 10.1 Å². The average Bonchev–Trinajstić information content (AvgIpc) is 2.83. The van der Waals surface area contributed by atoms with Crippen molar-refractivity contribution >= 4 is 11.9 Å². The minimum atomic E-state index is -1.13. The van der Waals surface area contributed by atoms with Gasteiger partial charge in [-0.3, -0.25) is 4.79 Å². The second-order valence-electron chi connectivity index (χ2n) is 4.04. The molecule has 0 radical (unpaired) electrons. The zero-order valence-electron chi connectivity index (χ0n) is 9.16.